The molecular weight excluding hydrogens is 374 g/mol. The van der Waals surface area contributed by atoms with Crippen molar-refractivity contribution in [1.82, 2.24) is 0 Å². The second-order valence-corrected chi connectivity index (χ2v) is 11.7. The molecule has 0 amide bonds. The van der Waals surface area contributed by atoms with Crippen molar-refractivity contribution in [3.8, 4) is 0 Å². The third-order valence-electron chi connectivity index (χ3n) is 3.06. The predicted molar refractivity (Wildman–Crippen MR) is 91.6 cm³/mol. The van der Waals surface area contributed by atoms with Gasteiger partial charge in [-0.05, 0) is 0 Å². The summed E-state index contributed by atoms with van der Waals surface area (Å²) in [4.78, 5) is 0. The maximum atomic E-state index is 2.30. The molecular formula is C18H22Se2. The van der Waals surface area contributed by atoms with Crippen LogP contribution < -0.4 is 8.92 Å². The van der Waals surface area contributed by atoms with E-state index >= 15 is 0 Å². The molecule has 0 N–H and O–H groups in total. The molecule has 0 spiro atoms. The molecule has 0 heterocycles. The van der Waals surface area contributed by atoms with Crippen LogP contribution in [0.1, 0.15) is 32.6 Å². The van der Waals surface area contributed by atoms with E-state index in [9.17, 15) is 0 Å². The molecule has 2 aromatic rings. The van der Waals surface area contributed by atoms with Crippen LogP contribution in [-0.2, 0) is 0 Å². The Morgan fingerprint density at radius 2 is 1.25 bits per heavy atom. The van der Waals surface area contributed by atoms with E-state index in [2.05, 4.69) is 67.6 Å². The molecule has 0 aromatic heterocycles. The summed E-state index contributed by atoms with van der Waals surface area (Å²) in [7, 11) is 0. The fourth-order valence-electron chi connectivity index (χ4n) is 2.00. The van der Waals surface area contributed by atoms with Gasteiger partial charge in [0.1, 0.15) is 0 Å². The van der Waals surface area contributed by atoms with E-state index in [4.69, 9.17) is 0 Å². The molecule has 0 unspecified atom stereocenters. The summed E-state index contributed by atoms with van der Waals surface area (Å²) >= 11 is 1.23. The minimum atomic E-state index is 0.616. The molecule has 0 aliphatic carbocycles. The molecule has 0 atom stereocenters. The van der Waals surface area contributed by atoms with E-state index in [1.54, 1.807) is 8.92 Å². The molecule has 0 saturated carbocycles. The van der Waals surface area contributed by atoms with Crippen molar-refractivity contribution in [3.63, 3.8) is 0 Å². The molecule has 2 heteroatoms. The molecule has 0 fully saturated rings. The van der Waals surface area contributed by atoms with Crippen molar-refractivity contribution in [1.29, 1.82) is 0 Å². The summed E-state index contributed by atoms with van der Waals surface area (Å²) < 4.78 is 4.00. The van der Waals surface area contributed by atoms with E-state index in [1.807, 2.05) is 0 Å². The molecule has 2 aromatic carbocycles. The standard InChI is InChI=1S/C18H22Se2/c1-2-3-6-15-18(19-16-11-7-4-8-12-16)20-17-13-9-5-10-14-17/h4-5,7-14,18H,2-3,6,15H2,1H3. The van der Waals surface area contributed by atoms with Gasteiger partial charge in [0.25, 0.3) is 0 Å². The Balaban J connectivity index is 1.96. The monoisotopic (exact) mass is 398 g/mol. The van der Waals surface area contributed by atoms with Crippen LogP contribution in [0.25, 0.3) is 0 Å². The number of hydrogen-bond donors (Lipinski definition) is 0. The third kappa shape index (κ3) is 5.85. The van der Waals surface area contributed by atoms with Crippen LogP contribution in [0.3, 0.4) is 0 Å². The van der Waals surface area contributed by atoms with Crippen molar-refractivity contribution in [2.24, 2.45) is 0 Å². The third-order valence-corrected chi connectivity index (χ3v) is 9.54. The van der Waals surface area contributed by atoms with E-state index in [-0.39, 0.29) is 0 Å². The van der Waals surface area contributed by atoms with Gasteiger partial charge < -0.3 is 0 Å². The van der Waals surface area contributed by atoms with E-state index in [1.165, 1.54) is 25.7 Å². The SMILES string of the molecule is CCCCCC([Se]c1ccccc1)[Se]c1ccccc1. The molecule has 106 valence electrons. The summed E-state index contributed by atoms with van der Waals surface area (Å²) in [6, 6.07) is 22.1. The zero-order valence-corrected chi connectivity index (χ0v) is 15.4. The van der Waals surface area contributed by atoms with Gasteiger partial charge in [-0.25, -0.2) is 0 Å². The van der Waals surface area contributed by atoms with Crippen LogP contribution in [0.15, 0.2) is 60.7 Å². The quantitative estimate of drug-likeness (QED) is 0.474. The summed E-state index contributed by atoms with van der Waals surface area (Å²) in [5.41, 5.74) is 0. The number of rotatable bonds is 8. The van der Waals surface area contributed by atoms with Crippen LogP contribution in [0.2, 0.25) is 3.71 Å². The van der Waals surface area contributed by atoms with E-state index in [0.717, 1.165) is 3.71 Å². The molecule has 0 aliphatic heterocycles. The van der Waals surface area contributed by atoms with Crippen LogP contribution in [0.4, 0.5) is 0 Å². The van der Waals surface area contributed by atoms with Gasteiger partial charge >= 0.3 is 136 Å². The van der Waals surface area contributed by atoms with Gasteiger partial charge in [0.05, 0.1) is 0 Å². The first-order chi connectivity index (χ1) is 9.88. The molecule has 0 aliphatic rings. The Morgan fingerprint density at radius 3 is 1.70 bits per heavy atom. The number of hydrogen-bond acceptors (Lipinski definition) is 0. The number of unbranched alkanes of at least 4 members (excludes halogenated alkanes) is 2. The van der Waals surface area contributed by atoms with Crippen LogP contribution >= 0.6 is 0 Å². The average Bonchev–Trinajstić information content (AvgIpc) is 2.49. The summed E-state index contributed by atoms with van der Waals surface area (Å²) in [6.45, 7) is 2.29. The Morgan fingerprint density at radius 1 is 0.750 bits per heavy atom. The number of benzene rings is 2. The Bertz CT molecular complexity index is 426. The Labute approximate surface area is 135 Å². The van der Waals surface area contributed by atoms with Crippen LogP contribution in [0.5, 0.6) is 0 Å². The fraction of sp³-hybridized carbons (Fsp3) is 0.333. The molecule has 2 rings (SSSR count). The normalized spacial score (nSPS) is 10.9. The van der Waals surface area contributed by atoms with Gasteiger partial charge in [0.2, 0.25) is 0 Å². The first-order valence-corrected chi connectivity index (χ1v) is 11.0. The second-order valence-electron chi connectivity index (χ2n) is 4.79. The zero-order valence-electron chi connectivity index (χ0n) is 12.0. The van der Waals surface area contributed by atoms with Crippen molar-refractivity contribution in [2.45, 2.75) is 36.3 Å². The average molecular weight is 396 g/mol. The van der Waals surface area contributed by atoms with Crippen LogP contribution in [-0.4, -0.2) is 29.9 Å². The molecule has 20 heavy (non-hydrogen) atoms. The van der Waals surface area contributed by atoms with E-state index in [0.29, 0.717) is 29.9 Å². The van der Waals surface area contributed by atoms with Crippen molar-refractivity contribution in [3.05, 3.63) is 60.7 Å². The van der Waals surface area contributed by atoms with Gasteiger partial charge in [-0.1, -0.05) is 0 Å². The Kier molecular flexibility index (Phi) is 7.47. The van der Waals surface area contributed by atoms with Crippen LogP contribution in [0, 0.1) is 0 Å². The van der Waals surface area contributed by atoms with Crippen molar-refractivity contribution >= 4 is 38.8 Å². The molecule has 0 saturated heterocycles. The second kappa shape index (κ2) is 9.42. The molecule has 0 nitrogen and oxygen atoms in total. The van der Waals surface area contributed by atoms with Crippen molar-refractivity contribution in [2.75, 3.05) is 0 Å². The first-order valence-electron chi connectivity index (χ1n) is 7.32. The predicted octanol–water partition coefficient (Wildman–Crippen LogP) is 3.37. The first kappa shape index (κ1) is 15.9. The minimum absolute atomic E-state index is 0.616. The van der Waals surface area contributed by atoms with Gasteiger partial charge in [-0.2, -0.15) is 0 Å². The summed E-state index contributed by atoms with van der Waals surface area (Å²) in [5, 5.41) is 0. The zero-order chi connectivity index (χ0) is 14.0. The maximum absolute atomic E-state index is 2.30. The molecule has 0 bridgehead atoms. The fourth-order valence-corrected chi connectivity index (χ4v) is 8.84. The Hall–Kier alpha value is -0.521. The van der Waals surface area contributed by atoms with E-state index < -0.39 is 0 Å². The van der Waals surface area contributed by atoms with Gasteiger partial charge in [0.15, 0.2) is 0 Å². The van der Waals surface area contributed by atoms with Gasteiger partial charge in [0, 0.05) is 0 Å². The topological polar surface area (TPSA) is 0 Å². The molecule has 0 radical (unpaired) electrons. The van der Waals surface area contributed by atoms with Gasteiger partial charge in [-0.3, -0.25) is 0 Å². The summed E-state index contributed by atoms with van der Waals surface area (Å²) in [6.07, 6.45) is 5.50. The van der Waals surface area contributed by atoms with Crippen molar-refractivity contribution < 1.29 is 0 Å². The van der Waals surface area contributed by atoms with Gasteiger partial charge in [-0.15, -0.1) is 0 Å². The summed E-state index contributed by atoms with van der Waals surface area (Å²) in [5.74, 6) is 0.